The molecule has 1 aromatic carbocycles. The number of hydrogen-bond acceptors (Lipinski definition) is 5. The van der Waals surface area contributed by atoms with Crippen molar-refractivity contribution in [3.05, 3.63) is 50.3 Å². The highest BCUT2D eigenvalue weighted by molar-refractivity contribution is 5.52. The van der Waals surface area contributed by atoms with E-state index < -0.39 is 16.9 Å². The number of nitrogens with zero attached hydrogens (tertiary/aromatic N) is 2. The van der Waals surface area contributed by atoms with Crippen LogP contribution in [0.4, 0.5) is 0 Å². The number of fused-ring (bicyclic) bond motifs is 5. The second-order valence-corrected chi connectivity index (χ2v) is 6.36. The molecule has 0 saturated heterocycles. The fourth-order valence-electron chi connectivity index (χ4n) is 3.75. The first kappa shape index (κ1) is 14.9. The molecule has 2 atom stereocenters. The van der Waals surface area contributed by atoms with Gasteiger partial charge in [-0.2, -0.15) is 0 Å². The van der Waals surface area contributed by atoms with E-state index in [4.69, 9.17) is 14.2 Å². The van der Waals surface area contributed by atoms with Crippen LogP contribution in [0.5, 0.6) is 17.2 Å². The molecule has 0 unspecified atom stereocenters. The number of benzene rings is 1. The van der Waals surface area contributed by atoms with Gasteiger partial charge in [-0.25, -0.2) is 4.79 Å². The quantitative estimate of drug-likeness (QED) is 0.776. The van der Waals surface area contributed by atoms with Crippen LogP contribution in [0.1, 0.15) is 24.1 Å². The molecule has 0 amide bonds. The number of rotatable bonds is 1. The van der Waals surface area contributed by atoms with Gasteiger partial charge in [-0.1, -0.05) is 0 Å². The molecule has 0 spiro atoms. The third-order valence-corrected chi connectivity index (χ3v) is 5.07. The molecule has 0 aliphatic carbocycles. The Balaban J connectivity index is 1.98. The van der Waals surface area contributed by atoms with Crippen LogP contribution in [0.3, 0.4) is 0 Å². The maximum absolute atomic E-state index is 12.4. The maximum atomic E-state index is 12.4. The monoisotopic (exact) mass is 330 g/mol. The van der Waals surface area contributed by atoms with Crippen LogP contribution in [-0.2, 0) is 19.7 Å². The molecule has 0 fully saturated rings. The minimum absolute atomic E-state index is 0.132. The lowest BCUT2D eigenvalue weighted by molar-refractivity contribution is 0.0321. The predicted octanol–water partition coefficient (Wildman–Crippen LogP) is 0.876. The summed E-state index contributed by atoms with van der Waals surface area (Å²) in [5.41, 5.74) is -0.257. The third-order valence-electron chi connectivity index (χ3n) is 5.07. The molecule has 7 nitrogen and oxygen atoms in total. The van der Waals surface area contributed by atoms with E-state index in [1.54, 1.807) is 14.2 Å². The van der Waals surface area contributed by atoms with Crippen molar-refractivity contribution in [3.63, 3.8) is 0 Å². The summed E-state index contributed by atoms with van der Waals surface area (Å²) in [5, 5.41) is 0. The Morgan fingerprint density at radius 2 is 2.00 bits per heavy atom. The molecule has 2 aliphatic heterocycles. The van der Waals surface area contributed by atoms with Gasteiger partial charge in [0.05, 0.1) is 19.6 Å². The normalized spacial score (nSPS) is 23.6. The zero-order valence-corrected chi connectivity index (χ0v) is 14.0. The highest BCUT2D eigenvalue weighted by Gasteiger charge is 2.53. The average Bonchev–Trinajstić information content (AvgIpc) is 2.88. The van der Waals surface area contributed by atoms with Crippen molar-refractivity contribution in [2.75, 3.05) is 13.7 Å². The molecule has 0 radical (unpaired) electrons. The lowest BCUT2D eigenvalue weighted by Gasteiger charge is -2.37. The minimum atomic E-state index is -0.844. The largest absolute Gasteiger partial charge is 0.497 e. The number of methoxy groups -OCH3 is 1. The van der Waals surface area contributed by atoms with Crippen LogP contribution in [0, 0.1) is 0 Å². The summed E-state index contributed by atoms with van der Waals surface area (Å²) in [6.07, 6.45) is 0. The smallest absolute Gasteiger partial charge is 0.331 e. The van der Waals surface area contributed by atoms with Crippen molar-refractivity contribution in [1.82, 2.24) is 9.13 Å². The average molecular weight is 330 g/mol. The van der Waals surface area contributed by atoms with Gasteiger partial charge in [0.15, 0.2) is 5.60 Å². The van der Waals surface area contributed by atoms with Crippen LogP contribution in [0.15, 0.2) is 27.8 Å². The molecule has 0 saturated carbocycles. The first-order chi connectivity index (χ1) is 11.4. The summed E-state index contributed by atoms with van der Waals surface area (Å²) >= 11 is 0. The summed E-state index contributed by atoms with van der Waals surface area (Å²) in [6, 6.07) is 5.58. The first-order valence-corrected chi connectivity index (χ1v) is 7.68. The second kappa shape index (κ2) is 4.66. The second-order valence-electron chi connectivity index (χ2n) is 6.36. The van der Waals surface area contributed by atoms with Crippen LogP contribution < -0.4 is 25.5 Å². The number of ether oxygens (including phenoxy) is 3. The van der Waals surface area contributed by atoms with E-state index in [2.05, 4.69) is 0 Å². The standard InChI is InChI=1S/C17H18N2O5/c1-17-11(10-7-9(22-4)5-6-12(10)24-17)8-23-13-14(17)18(2)16(21)19(3)15(13)20/h5-7,11H,8H2,1-4H3/t11-,17+/m1/s1. The van der Waals surface area contributed by atoms with E-state index >= 15 is 0 Å². The lowest BCUT2D eigenvalue weighted by atomic mass is 9.81. The van der Waals surface area contributed by atoms with Gasteiger partial charge >= 0.3 is 5.69 Å². The molecule has 2 aliphatic rings. The van der Waals surface area contributed by atoms with Crippen molar-refractivity contribution < 1.29 is 14.2 Å². The van der Waals surface area contributed by atoms with Gasteiger partial charge in [-0.05, 0) is 25.1 Å². The Kier molecular flexibility index (Phi) is 2.88. The van der Waals surface area contributed by atoms with Crippen LogP contribution in [-0.4, -0.2) is 22.9 Å². The van der Waals surface area contributed by atoms with E-state index in [1.807, 2.05) is 25.1 Å². The predicted molar refractivity (Wildman–Crippen MR) is 86.1 cm³/mol. The summed E-state index contributed by atoms with van der Waals surface area (Å²) < 4.78 is 19.8. The molecule has 2 aromatic rings. The molecular weight excluding hydrogens is 312 g/mol. The molecule has 126 valence electrons. The molecule has 7 heteroatoms. The Bertz CT molecular complexity index is 974. The van der Waals surface area contributed by atoms with Gasteiger partial charge in [0.25, 0.3) is 5.56 Å². The summed E-state index contributed by atoms with van der Waals surface area (Å²) in [7, 11) is 4.68. The summed E-state index contributed by atoms with van der Waals surface area (Å²) in [4.78, 5) is 24.8. The van der Waals surface area contributed by atoms with E-state index in [0.717, 1.165) is 15.9 Å². The molecular formula is C17H18N2O5. The van der Waals surface area contributed by atoms with Gasteiger partial charge < -0.3 is 14.2 Å². The van der Waals surface area contributed by atoms with E-state index in [-0.39, 0.29) is 11.7 Å². The van der Waals surface area contributed by atoms with Crippen molar-refractivity contribution >= 4 is 0 Å². The third kappa shape index (κ3) is 1.67. The van der Waals surface area contributed by atoms with Gasteiger partial charge in [0.2, 0.25) is 5.75 Å². The van der Waals surface area contributed by atoms with Crippen LogP contribution in [0.25, 0.3) is 0 Å². The lowest BCUT2D eigenvalue weighted by Crippen LogP contribution is -2.49. The molecule has 3 heterocycles. The first-order valence-electron chi connectivity index (χ1n) is 7.68. The summed E-state index contributed by atoms with van der Waals surface area (Å²) in [6.45, 7) is 2.20. The topological polar surface area (TPSA) is 71.7 Å². The fourth-order valence-corrected chi connectivity index (χ4v) is 3.75. The number of aromatic nitrogens is 2. The Labute approximate surface area is 138 Å². The van der Waals surface area contributed by atoms with E-state index in [0.29, 0.717) is 18.1 Å². The highest BCUT2D eigenvalue weighted by Crippen LogP contribution is 2.54. The Morgan fingerprint density at radius 3 is 2.71 bits per heavy atom. The van der Waals surface area contributed by atoms with Crippen LogP contribution in [0.2, 0.25) is 0 Å². The number of hydrogen-bond donors (Lipinski definition) is 0. The zero-order chi connectivity index (χ0) is 17.2. The van der Waals surface area contributed by atoms with Gasteiger partial charge in [-0.3, -0.25) is 13.9 Å². The zero-order valence-electron chi connectivity index (χ0n) is 14.0. The Hall–Kier alpha value is -2.70. The molecule has 4 rings (SSSR count). The summed E-state index contributed by atoms with van der Waals surface area (Å²) in [5.74, 6) is 1.49. The Morgan fingerprint density at radius 1 is 1.25 bits per heavy atom. The van der Waals surface area contributed by atoms with E-state index in [9.17, 15) is 9.59 Å². The fraction of sp³-hybridized carbons (Fsp3) is 0.412. The van der Waals surface area contributed by atoms with Crippen LogP contribution >= 0.6 is 0 Å². The molecule has 24 heavy (non-hydrogen) atoms. The maximum Gasteiger partial charge on any atom is 0.331 e. The SMILES string of the molecule is COc1ccc2c(c1)[C@H]1COc3c(n(C)c(=O)n(C)c3=O)[C@@]1(C)O2. The van der Waals surface area contributed by atoms with Gasteiger partial charge in [0.1, 0.15) is 17.2 Å². The molecule has 0 bridgehead atoms. The van der Waals surface area contributed by atoms with Crippen molar-refractivity contribution in [3.8, 4) is 17.2 Å². The van der Waals surface area contributed by atoms with Crippen molar-refractivity contribution in [1.29, 1.82) is 0 Å². The van der Waals surface area contributed by atoms with E-state index in [1.165, 1.54) is 11.6 Å². The van der Waals surface area contributed by atoms with Gasteiger partial charge in [-0.15, -0.1) is 0 Å². The van der Waals surface area contributed by atoms with Crippen molar-refractivity contribution in [2.45, 2.75) is 18.4 Å². The van der Waals surface area contributed by atoms with Gasteiger partial charge in [0, 0.05) is 19.7 Å². The molecule has 0 N–H and O–H groups in total. The highest BCUT2D eigenvalue weighted by atomic mass is 16.5. The minimum Gasteiger partial charge on any atom is -0.497 e. The van der Waals surface area contributed by atoms with Crippen molar-refractivity contribution in [2.24, 2.45) is 14.1 Å². The molecule has 1 aromatic heterocycles.